The average Bonchev–Trinajstić information content (AvgIpc) is 2.44. The second kappa shape index (κ2) is 4.73. The van der Waals surface area contributed by atoms with Crippen LogP contribution in [0.5, 0.6) is 0 Å². The number of halogens is 1. The van der Waals surface area contributed by atoms with E-state index < -0.39 is 6.10 Å². The number of hydrogen-bond donors (Lipinski definition) is 2. The molecule has 0 spiro atoms. The van der Waals surface area contributed by atoms with E-state index in [-0.39, 0.29) is 5.41 Å². The molecule has 0 saturated heterocycles. The molecule has 0 bridgehead atoms. The Balaban J connectivity index is 3.03. The molecule has 0 aliphatic rings. The maximum atomic E-state index is 9.77. The van der Waals surface area contributed by atoms with Crippen molar-refractivity contribution >= 4 is 11.6 Å². The molecule has 92 valence electrons. The van der Waals surface area contributed by atoms with Gasteiger partial charge in [0.25, 0.3) is 0 Å². The minimum absolute atomic E-state index is 0.371. The fourth-order valence-corrected chi connectivity index (χ4v) is 1.87. The van der Waals surface area contributed by atoms with Gasteiger partial charge in [0.05, 0.1) is 22.5 Å². The van der Waals surface area contributed by atoms with Gasteiger partial charge in [-0.25, -0.2) is 0 Å². The Morgan fingerprint density at radius 3 is 2.50 bits per heavy atom. The Kier molecular flexibility index (Phi) is 3.99. The first kappa shape index (κ1) is 13.5. The van der Waals surface area contributed by atoms with Crippen molar-refractivity contribution in [3.63, 3.8) is 0 Å². The molecule has 0 saturated carbocycles. The van der Waals surface area contributed by atoms with Crippen LogP contribution < -0.4 is 5.73 Å². The first-order chi connectivity index (χ1) is 7.31. The summed E-state index contributed by atoms with van der Waals surface area (Å²) < 4.78 is 1.76. The van der Waals surface area contributed by atoms with Crippen molar-refractivity contribution in [1.82, 2.24) is 9.78 Å². The molecule has 4 nitrogen and oxygen atoms in total. The molecule has 5 heteroatoms. The molecule has 2 unspecified atom stereocenters. The zero-order valence-electron chi connectivity index (χ0n) is 10.3. The zero-order valence-corrected chi connectivity index (χ0v) is 11.0. The molecule has 0 aliphatic heterocycles. The van der Waals surface area contributed by atoms with Crippen molar-refractivity contribution in [2.45, 2.75) is 33.3 Å². The van der Waals surface area contributed by atoms with Gasteiger partial charge in [0.2, 0.25) is 0 Å². The van der Waals surface area contributed by atoms with E-state index in [2.05, 4.69) is 5.10 Å². The Morgan fingerprint density at radius 2 is 2.19 bits per heavy atom. The second-order valence-corrected chi connectivity index (χ2v) is 5.06. The van der Waals surface area contributed by atoms with E-state index in [9.17, 15) is 5.11 Å². The molecule has 2 atom stereocenters. The number of aryl methyl sites for hydroxylation is 2. The number of nitrogens with two attached hydrogens (primary N) is 1. The Bertz CT molecular complexity index is 376. The Labute approximate surface area is 101 Å². The zero-order chi connectivity index (χ0) is 12.5. The summed E-state index contributed by atoms with van der Waals surface area (Å²) in [6.07, 6.45) is 0.140. The maximum Gasteiger partial charge on any atom is 0.0847 e. The van der Waals surface area contributed by atoms with Crippen LogP contribution in [0.25, 0.3) is 0 Å². The summed E-state index contributed by atoms with van der Waals surface area (Å²) in [6, 6.07) is 0. The van der Waals surface area contributed by atoms with Gasteiger partial charge in [-0.1, -0.05) is 18.5 Å². The number of aliphatic hydroxyl groups excluding tert-OH is 1. The summed E-state index contributed by atoms with van der Waals surface area (Å²) in [5, 5.41) is 14.7. The lowest BCUT2D eigenvalue weighted by Gasteiger charge is -2.31. The average molecular weight is 246 g/mol. The first-order valence-corrected chi connectivity index (χ1v) is 5.75. The summed E-state index contributed by atoms with van der Waals surface area (Å²) in [7, 11) is 1.85. The highest BCUT2D eigenvalue weighted by molar-refractivity contribution is 6.31. The molecule has 3 N–H and O–H groups in total. The fraction of sp³-hybridized carbons (Fsp3) is 0.727. The quantitative estimate of drug-likeness (QED) is 0.840. The van der Waals surface area contributed by atoms with E-state index in [0.29, 0.717) is 18.0 Å². The van der Waals surface area contributed by atoms with Crippen LogP contribution in [0.15, 0.2) is 0 Å². The van der Waals surface area contributed by atoms with Crippen LogP contribution >= 0.6 is 11.6 Å². The maximum absolute atomic E-state index is 9.77. The topological polar surface area (TPSA) is 64.1 Å². The lowest BCUT2D eigenvalue weighted by molar-refractivity contribution is 0.0575. The van der Waals surface area contributed by atoms with Crippen molar-refractivity contribution in [2.75, 3.05) is 6.54 Å². The molecule has 0 amide bonds. The standard InChI is InChI=1S/C11H20ClN3O/c1-7-10(12)9(15(4)14-7)5-11(3,6-13)8(2)16/h8,16H,5-6,13H2,1-4H3. The van der Waals surface area contributed by atoms with E-state index in [4.69, 9.17) is 17.3 Å². The van der Waals surface area contributed by atoms with E-state index >= 15 is 0 Å². The molecule has 0 aliphatic carbocycles. The third-order valence-corrected chi connectivity index (χ3v) is 3.80. The van der Waals surface area contributed by atoms with Crippen LogP contribution in [-0.4, -0.2) is 27.5 Å². The lowest BCUT2D eigenvalue weighted by Crippen LogP contribution is -2.40. The van der Waals surface area contributed by atoms with Gasteiger partial charge in [-0.15, -0.1) is 0 Å². The summed E-state index contributed by atoms with van der Waals surface area (Å²) in [5.74, 6) is 0. The molecule has 1 aromatic heterocycles. The number of rotatable bonds is 4. The van der Waals surface area contributed by atoms with Crippen LogP contribution in [0.2, 0.25) is 5.02 Å². The number of nitrogens with zero attached hydrogens (tertiary/aromatic N) is 2. The predicted molar refractivity (Wildman–Crippen MR) is 65.5 cm³/mol. The van der Waals surface area contributed by atoms with Gasteiger partial charge in [0.15, 0.2) is 0 Å². The predicted octanol–water partition coefficient (Wildman–Crippen LogP) is 1.27. The fourth-order valence-electron chi connectivity index (χ4n) is 1.65. The smallest absolute Gasteiger partial charge is 0.0847 e. The number of aromatic nitrogens is 2. The van der Waals surface area contributed by atoms with Gasteiger partial charge in [-0.05, 0) is 20.3 Å². The van der Waals surface area contributed by atoms with Crippen LogP contribution in [0.3, 0.4) is 0 Å². The van der Waals surface area contributed by atoms with Crippen molar-refractivity contribution in [3.8, 4) is 0 Å². The number of aliphatic hydroxyl groups is 1. The van der Waals surface area contributed by atoms with Gasteiger partial charge in [-0.3, -0.25) is 4.68 Å². The molecular weight excluding hydrogens is 226 g/mol. The van der Waals surface area contributed by atoms with Gasteiger partial charge >= 0.3 is 0 Å². The minimum Gasteiger partial charge on any atom is -0.393 e. The molecule has 1 rings (SSSR count). The van der Waals surface area contributed by atoms with Crippen LogP contribution in [0.4, 0.5) is 0 Å². The summed E-state index contributed by atoms with van der Waals surface area (Å²) >= 11 is 6.18. The van der Waals surface area contributed by atoms with Gasteiger partial charge in [-0.2, -0.15) is 5.10 Å². The summed E-state index contributed by atoms with van der Waals surface area (Å²) in [4.78, 5) is 0. The molecule has 0 aromatic carbocycles. The second-order valence-electron chi connectivity index (χ2n) is 4.68. The molecule has 0 radical (unpaired) electrons. The Morgan fingerprint density at radius 1 is 1.62 bits per heavy atom. The highest BCUT2D eigenvalue weighted by atomic mass is 35.5. The van der Waals surface area contributed by atoms with E-state index in [1.807, 2.05) is 20.9 Å². The van der Waals surface area contributed by atoms with Crippen molar-refractivity contribution in [3.05, 3.63) is 16.4 Å². The van der Waals surface area contributed by atoms with Crippen LogP contribution in [-0.2, 0) is 13.5 Å². The van der Waals surface area contributed by atoms with E-state index in [0.717, 1.165) is 11.4 Å². The Hall–Kier alpha value is -0.580. The van der Waals surface area contributed by atoms with Crippen molar-refractivity contribution < 1.29 is 5.11 Å². The summed E-state index contributed by atoms with van der Waals surface area (Å²) in [5.41, 5.74) is 7.09. The van der Waals surface area contributed by atoms with Gasteiger partial charge < -0.3 is 10.8 Å². The third kappa shape index (κ3) is 2.39. The SMILES string of the molecule is Cc1nn(C)c(CC(C)(CN)C(C)O)c1Cl. The van der Waals surface area contributed by atoms with Crippen molar-refractivity contribution in [2.24, 2.45) is 18.2 Å². The largest absolute Gasteiger partial charge is 0.393 e. The highest BCUT2D eigenvalue weighted by Crippen LogP contribution is 2.30. The molecule has 1 heterocycles. The van der Waals surface area contributed by atoms with Crippen LogP contribution in [0, 0.1) is 12.3 Å². The molecule has 16 heavy (non-hydrogen) atoms. The van der Waals surface area contributed by atoms with E-state index in [1.54, 1.807) is 11.6 Å². The van der Waals surface area contributed by atoms with Crippen LogP contribution in [0.1, 0.15) is 25.2 Å². The highest BCUT2D eigenvalue weighted by Gasteiger charge is 2.31. The normalized spacial score (nSPS) is 17.2. The number of hydrogen-bond acceptors (Lipinski definition) is 3. The molecular formula is C11H20ClN3O. The first-order valence-electron chi connectivity index (χ1n) is 5.38. The lowest BCUT2D eigenvalue weighted by atomic mass is 9.80. The van der Waals surface area contributed by atoms with Gasteiger partial charge in [0, 0.05) is 19.0 Å². The van der Waals surface area contributed by atoms with Gasteiger partial charge in [0.1, 0.15) is 0 Å². The minimum atomic E-state index is -0.483. The molecule has 0 fully saturated rings. The van der Waals surface area contributed by atoms with E-state index in [1.165, 1.54) is 0 Å². The molecule has 1 aromatic rings. The third-order valence-electron chi connectivity index (χ3n) is 3.31. The van der Waals surface area contributed by atoms with Crippen molar-refractivity contribution in [1.29, 1.82) is 0 Å². The summed E-state index contributed by atoms with van der Waals surface area (Å²) in [6.45, 7) is 5.99. The monoisotopic (exact) mass is 245 g/mol.